The van der Waals surface area contributed by atoms with E-state index in [1.807, 2.05) is 4.90 Å². The van der Waals surface area contributed by atoms with E-state index in [4.69, 9.17) is 11.6 Å². The van der Waals surface area contributed by atoms with Gasteiger partial charge in [-0.05, 0) is 12.8 Å². The molecule has 2 rings (SSSR count). The van der Waals surface area contributed by atoms with Gasteiger partial charge in [0.1, 0.15) is 6.17 Å². The van der Waals surface area contributed by atoms with Gasteiger partial charge < -0.3 is 4.90 Å². The van der Waals surface area contributed by atoms with Crippen molar-refractivity contribution in [2.75, 3.05) is 18.0 Å². The van der Waals surface area contributed by atoms with Crippen molar-refractivity contribution in [1.29, 1.82) is 0 Å². The minimum atomic E-state index is -0.776. The number of hydrogen-bond acceptors (Lipinski definition) is 3. The van der Waals surface area contributed by atoms with Crippen LogP contribution in [-0.4, -0.2) is 29.2 Å². The van der Waals surface area contributed by atoms with E-state index in [2.05, 4.69) is 9.97 Å². The summed E-state index contributed by atoms with van der Waals surface area (Å²) in [7, 11) is 0. The molecule has 5 heteroatoms. The van der Waals surface area contributed by atoms with Crippen LogP contribution in [0.2, 0.25) is 5.15 Å². The molecule has 1 aromatic heterocycles. The summed E-state index contributed by atoms with van der Waals surface area (Å²) in [5, 5.41) is 0.349. The molecule has 0 aromatic carbocycles. The second-order valence-electron chi connectivity index (χ2n) is 3.36. The van der Waals surface area contributed by atoms with Crippen LogP contribution < -0.4 is 4.90 Å². The molecule has 0 spiro atoms. The van der Waals surface area contributed by atoms with Crippen molar-refractivity contribution >= 4 is 17.4 Å². The summed E-state index contributed by atoms with van der Waals surface area (Å²) in [5.74, 6) is 0.594. The quantitative estimate of drug-likeness (QED) is 0.718. The molecule has 0 amide bonds. The maximum atomic E-state index is 13.1. The molecule has 1 aliphatic heterocycles. The molecule has 2 heterocycles. The van der Waals surface area contributed by atoms with Crippen LogP contribution >= 0.6 is 11.6 Å². The Kier molecular flexibility index (Phi) is 2.82. The zero-order valence-corrected chi connectivity index (χ0v) is 8.41. The van der Waals surface area contributed by atoms with Gasteiger partial charge in [0.2, 0.25) is 0 Å². The molecule has 1 aliphatic rings. The van der Waals surface area contributed by atoms with Crippen LogP contribution in [0.1, 0.15) is 12.8 Å². The molecule has 14 heavy (non-hydrogen) atoms. The maximum Gasteiger partial charge on any atom is 0.171 e. The van der Waals surface area contributed by atoms with Crippen LogP contribution in [-0.2, 0) is 0 Å². The van der Waals surface area contributed by atoms with E-state index in [0.717, 1.165) is 13.0 Å². The van der Waals surface area contributed by atoms with Gasteiger partial charge in [0.25, 0.3) is 0 Å². The Morgan fingerprint density at radius 2 is 2.21 bits per heavy atom. The van der Waals surface area contributed by atoms with Crippen LogP contribution in [0.25, 0.3) is 0 Å². The number of nitrogens with zero attached hydrogens (tertiary/aromatic N) is 3. The first-order valence-corrected chi connectivity index (χ1v) is 5.00. The fourth-order valence-electron chi connectivity index (χ4n) is 1.64. The monoisotopic (exact) mass is 215 g/mol. The molecule has 1 aromatic rings. The van der Waals surface area contributed by atoms with Crippen molar-refractivity contribution in [2.45, 2.75) is 19.0 Å². The molecule has 0 bridgehead atoms. The van der Waals surface area contributed by atoms with Gasteiger partial charge in [0.15, 0.2) is 11.0 Å². The fraction of sp³-hybridized carbons (Fsp3) is 0.556. The number of halogens is 2. The zero-order chi connectivity index (χ0) is 9.97. The highest BCUT2D eigenvalue weighted by Crippen LogP contribution is 2.24. The molecular formula is C9H11ClFN3. The van der Waals surface area contributed by atoms with E-state index in [-0.39, 0.29) is 0 Å². The summed E-state index contributed by atoms with van der Waals surface area (Å²) in [6.07, 6.45) is 3.80. The molecular weight excluding hydrogens is 205 g/mol. The van der Waals surface area contributed by atoms with Crippen molar-refractivity contribution in [2.24, 2.45) is 0 Å². The highest BCUT2D eigenvalue weighted by molar-refractivity contribution is 6.31. The van der Waals surface area contributed by atoms with Gasteiger partial charge in [-0.25, -0.2) is 14.4 Å². The number of anilines is 1. The van der Waals surface area contributed by atoms with Gasteiger partial charge in [0.05, 0.1) is 6.54 Å². The average Bonchev–Trinajstić information content (AvgIpc) is 2.18. The van der Waals surface area contributed by atoms with Crippen molar-refractivity contribution in [3.8, 4) is 0 Å². The molecule has 0 saturated carbocycles. The summed E-state index contributed by atoms with van der Waals surface area (Å²) in [6.45, 7) is 1.18. The molecule has 0 N–H and O–H groups in total. The van der Waals surface area contributed by atoms with E-state index in [0.29, 0.717) is 23.9 Å². The molecule has 0 radical (unpaired) electrons. The Morgan fingerprint density at radius 1 is 1.43 bits per heavy atom. The standard InChI is InChI=1S/C9H11ClFN3/c10-8-9(13-4-3-12-8)14-5-1-2-7(11)6-14/h3-4,7H,1-2,5-6H2. The van der Waals surface area contributed by atoms with Crippen molar-refractivity contribution in [1.82, 2.24) is 9.97 Å². The lowest BCUT2D eigenvalue weighted by Crippen LogP contribution is -2.37. The van der Waals surface area contributed by atoms with Crippen molar-refractivity contribution in [3.05, 3.63) is 17.5 Å². The normalized spacial score (nSPS) is 22.4. The summed E-state index contributed by atoms with van der Waals surface area (Å²) in [4.78, 5) is 9.87. The molecule has 0 aliphatic carbocycles. The van der Waals surface area contributed by atoms with Crippen LogP contribution in [0, 0.1) is 0 Å². The van der Waals surface area contributed by atoms with E-state index in [9.17, 15) is 4.39 Å². The number of hydrogen-bond donors (Lipinski definition) is 0. The molecule has 1 fully saturated rings. The molecule has 1 saturated heterocycles. The van der Waals surface area contributed by atoms with Crippen LogP contribution in [0.15, 0.2) is 12.4 Å². The van der Waals surface area contributed by atoms with Gasteiger partial charge in [-0.2, -0.15) is 0 Å². The Bertz CT molecular complexity index is 321. The summed E-state index contributed by atoms with van der Waals surface area (Å²) in [5.41, 5.74) is 0. The number of piperidine rings is 1. The van der Waals surface area contributed by atoms with Crippen LogP contribution in [0.3, 0.4) is 0 Å². The van der Waals surface area contributed by atoms with Gasteiger partial charge in [-0.15, -0.1) is 0 Å². The van der Waals surface area contributed by atoms with Gasteiger partial charge >= 0.3 is 0 Å². The Labute approximate surface area is 86.9 Å². The second kappa shape index (κ2) is 4.09. The van der Waals surface area contributed by atoms with Crippen molar-refractivity contribution in [3.63, 3.8) is 0 Å². The minimum Gasteiger partial charge on any atom is -0.351 e. The van der Waals surface area contributed by atoms with E-state index >= 15 is 0 Å². The first-order valence-electron chi connectivity index (χ1n) is 4.63. The number of aromatic nitrogens is 2. The third-order valence-corrected chi connectivity index (χ3v) is 2.57. The lowest BCUT2D eigenvalue weighted by molar-refractivity contribution is 0.286. The second-order valence-corrected chi connectivity index (χ2v) is 3.71. The molecule has 1 unspecified atom stereocenters. The highest BCUT2D eigenvalue weighted by Gasteiger charge is 2.21. The number of rotatable bonds is 1. The van der Waals surface area contributed by atoms with E-state index in [1.165, 1.54) is 6.20 Å². The third kappa shape index (κ3) is 1.95. The Hall–Kier alpha value is -0.900. The third-order valence-electron chi connectivity index (χ3n) is 2.30. The summed E-state index contributed by atoms with van der Waals surface area (Å²) >= 11 is 5.87. The van der Waals surface area contributed by atoms with Gasteiger partial charge in [0, 0.05) is 18.9 Å². The molecule has 1 atom stereocenters. The fourth-order valence-corrected chi connectivity index (χ4v) is 1.87. The van der Waals surface area contributed by atoms with Crippen LogP contribution in [0.4, 0.5) is 10.2 Å². The van der Waals surface area contributed by atoms with E-state index < -0.39 is 6.17 Å². The predicted molar refractivity (Wildman–Crippen MR) is 53.4 cm³/mol. The highest BCUT2D eigenvalue weighted by atomic mass is 35.5. The summed E-state index contributed by atoms with van der Waals surface area (Å²) in [6, 6.07) is 0. The Morgan fingerprint density at radius 3 is 2.93 bits per heavy atom. The maximum absolute atomic E-state index is 13.1. The first-order chi connectivity index (χ1) is 6.77. The number of alkyl halides is 1. The van der Waals surface area contributed by atoms with E-state index in [1.54, 1.807) is 6.20 Å². The van der Waals surface area contributed by atoms with Crippen LogP contribution in [0.5, 0.6) is 0 Å². The predicted octanol–water partition coefficient (Wildman–Crippen LogP) is 2.07. The lowest BCUT2D eigenvalue weighted by atomic mass is 10.1. The van der Waals surface area contributed by atoms with Gasteiger partial charge in [-0.1, -0.05) is 11.6 Å². The first kappa shape index (κ1) is 9.65. The average molecular weight is 216 g/mol. The SMILES string of the molecule is FC1CCCN(c2nccnc2Cl)C1. The van der Waals surface area contributed by atoms with Gasteiger partial charge in [-0.3, -0.25) is 0 Å². The Balaban J connectivity index is 2.18. The lowest BCUT2D eigenvalue weighted by Gasteiger charge is -2.29. The summed E-state index contributed by atoms with van der Waals surface area (Å²) < 4.78 is 13.1. The molecule has 3 nitrogen and oxygen atoms in total. The zero-order valence-electron chi connectivity index (χ0n) is 7.66. The smallest absolute Gasteiger partial charge is 0.171 e. The topological polar surface area (TPSA) is 29.0 Å². The largest absolute Gasteiger partial charge is 0.351 e. The molecule has 76 valence electrons. The van der Waals surface area contributed by atoms with Crippen molar-refractivity contribution < 1.29 is 4.39 Å². The minimum absolute atomic E-state index is 0.349.